The third-order valence-electron chi connectivity index (χ3n) is 3.05. The standard InChI is InChI=1S/C14H20FNO3/c1-18-14-5-4-11(6-13(14)15)16-7-12(17)9-19-8-10-2-3-10/h4-6,10,12,16-17H,2-3,7-9H2,1H3. The summed E-state index contributed by atoms with van der Waals surface area (Å²) in [6.45, 7) is 1.37. The van der Waals surface area contributed by atoms with E-state index in [1.54, 1.807) is 12.1 Å². The van der Waals surface area contributed by atoms with E-state index >= 15 is 0 Å². The van der Waals surface area contributed by atoms with Crippen LogP contribution in [0.1, 0.15) is 12.8 Å². The molecule has 2 N–H and O–H groups in total. The maximum absolute atomic E-state index is 13.4. The molecule has 0 bridgehead atoms. The van der Waals surface area contributed by atoms with E-state index in [4.69, 9.17) is 9.47 Å². The van der Waals surface area contributed by atoms with Gasteiger partial charge in [0.2, 0.25) is 0 Å². The average molecular weight is 269 g/mol. The van der Waals surface area contributed by atoms with Gasteiger partial charge in [0.05, 0.1) is 19.8 Å². The summed E-state index contributed by atoms with van der Waals surface area (Å²) in [4.78, 5) is 0. The minimum absolute atomic E-state index is 0.207. The summed E-state index contributed by atoms with van der Waals surface area (Å²) in [5, 5.41) is 12.7. The van der Waals surface area contributed by atoms with E-state index in [9.17, 15) is 9.50 Å². The summed E-state index contributed by atoms with van der Waals surface area (Å²) < 4.78 is 23.6. The van der Waals surface area contributed by atoms with Crippen LogP contribution in [0.25, 0.3) is 0 Å². The summed E-state index contributed by atoms with van der Waals surface area (Å²) in [6, 6.07) is 4.60. The van der Waals surface area contributed by atoms with E-state index in [0.717, 1.165) is 6.61 Å². The van der Waals surface area contributed by atoms with Crippen molar-refractivity contribution < 1.29 is 19.0 Å². The fourth-order valence-corrected chi connectivity index (χ4v) is 1.73. The first kappa shape index (κ1) is 14.1. The minimum atomic E-state index is -0.594. The Morgan fingerprint density at radius 1 is 1.47 bits per heavy atom. The zero-order valence-electron chi connectivity index (χ0n) is 11.1. The normalized spacial score (nSPS) is 16.2. The molecule has 0 heterocycles. The van der Waals surface area contributed by atoms with Gasteiger partial charge in [0.15, 0.2) is 11.6 Å². The van der Waals surface area contributed by atoms with Crippen molar-refractivity contribution in [3.05, 3.63) is 24.0 Å². The summed E-state index contributed by atoms with van der Waals surface area (Å²) in [7, 11) is 1.42. The van der Waals surface area contributed by atoms with E-state index in [1.165, 1.54) is 26.0 Å². The monoisotopic (exact) mass is 269 g/mol. The first-order valence-corrected chi connectivity index (χ1v) is 6.52. The van der Waals surface area contributed by atoms with Gasteiger partial charge in [0, 0.05) is 24.9 Å². The Hall–Kier alpha value is -1.33. The molecule has 1 unspecified atom stereocenters. The Labute approximate surface area is 112 Å². The zero-order chi connectivity index (χ0) is 13.7. The van der Waals surface area contributed by atoms with Gasteiger partial charge in [0.1, 0.15) is 0 Å². The molecule has 0 aliphatic heterocycles. The lowest BCUT2D eigenvalue weighted by Gasteiger charge is -2.13. The van der Waals surface area contributed by atoms with Gasteiger partial charge in [-0.05, 0) is 30.9 Å². The van der Waals surface area contributed by atoms with E-state index in [0.29, 0.717) is 24.8 Å². The molecular weight excluding hydrogens is 249 g/mol. The predicted octanol–water partition coefficient (Wildman–Crippen LogP) is 2.03. The molecular formula is C14H20FNO3. The zero-order valence-corrected chi connectivity index (χ0v) is 11.1. The number of ether oxygens (including phenoxy) is 2. The fraction of sp³-hybridized carbons (Fsp3) is 0.571. The number of hydrogen-bond donors (Lipinski definition) is 2. The summed E-state index contributed by atoms with van der Waals surface area (Å²) >= 11 is 0. The van der Waals surface area contributed by atoms with Crippen molar-refractivity contribution in [2.24, 2.45) is 5.92 Å². The van der Waals surface area contributed by atoms with Gasteiger partial charge in [-0.15, -0.1) is 0 Å². The van der Waals surface area contributed by atoms with Crippen LogP contribution in [-0.2, 0) is 4.74 Å². The molecule has 0 radical (unpaired) electrons. The summed E-state index contributed by atoms with van der Waals surface area (Å²) in [5.74, 6) is 0.474. The van der Waals surface area contributed by atoms with Crippen LogP contribution >= 0.6 is 0 Å². The molecule has 1 aromatic rings. The number of hydrogen-bond acceptors (Lipinski definition) is 4. The van der Waals surface area contributed by atoms with E-state index in [2.05, 4.69) is 5.32 Å². The SMILES string of the molecule is COc1ccc(NCC(O)COCC2CC2)cc1F. The Bertz CT molecular complexity index is 410. The summed E-state index contributed by atoms with van der Waals surface area (Å²) in [6.07, 6.45) is 1.88. The predicted molar refractivity (Wildman–Crippen MR) is 71.0 cm³/mol. The highest BCUT2D eigenvalue weighted by molar-refractivity contribution is 5.47. The second-order valence-electron chi connectivity index (χ2n) is 4.86. The quantitative estimate of drug-likeness (QED) is 0.758. The van der Waals surface area contributed by atoms with Gasteiger partial charge in [0.25, 0.3) is 0 Å². The molecule has 0 amide bonds. The third-order valence-corrected chi connectivity index (χ3v) is 3.05. The molecule has 1 aromatic carbocycles. The van der Waals surface area contributed by atoms with Crippen molar-refractivity contribution in [2.45, 2.75) is 18.9 Å². The smallest absolute Gasteiger partial charge is 0.167 e. The molecule has 1 aliphatic rings. The van der Waals surface area contributed by atoms with Crippen LogP contribution in [-0.4, -0.2) is 38.1 Å². The second kappa shape index (κ2) is 6.73. The Kier molecular flexibility index (Phi) is 4.99. The number of benzene rings is 1. The van der Waals surface area contributed by atoms with Gasteiger partial charge in [-0.25, -0.2) is 4.39 Å². The van der Waals surface area contributed by atoms with Crippen LogP contribution in [0.15, 0.2) is 18.2 Å². The highest BCUT2D eigenvalue weighted by Crippen LogP contribution is 2.28. The largest absolute Gasteiger partial charge is 0.494 e. The molecule has 1 atom stereocenters. The Morgan fingerprint density at radius 2 is 2.26 bits per heavy atom. The van der Waals surface area contributed by atoms with E-state index in [1.807, 2.05) is 0 Å². The maximum Gasteiger partial charge on any atom is 0.167 e. The number of halogens is 1. The highest BCUT2D eigenvalue weighted by Gasteiger charge is 2.21. The van der Waals surface area contributed by atoms with Gasteiger partial charge < -0.3 is 19.9 Å². The van der Waals surface area contributed by atoms with Gasteiger partial charge in [-0.3, -0.25) is 0 Å². The number of methoxy groups -OCH3 is 1. The van der Waals surface area contributed by atoms with Crippen molar-refractivity contribution in [3.63, 3.8) is 0 Å². The van der Waals surface area contributed by atoms with Crippen LogP contribution in [0.3, 0.4) is 0 Å². The molecule has 1 saturated carbocycles. The number of aliphatic hydroxyl groups excluding tert-OH is 1. The van der Waals surface area contributed by atoms with Crippen molar-refractivity contribution >= 4 is 5.69 Å². The van der Waals surface area contributed by atoms with Crippen LogP contribution < -0.4 is 10.1 Å². The third kappa shape index (κ3) is 4.69. The van der Waals surface area contributed by atoms with Crippen molar-refractivity contribution in [1.82, 2.24) is 0 Å². The molecule has 0 spiro atoms. The molecule has 0 aromatic heterocycles. The molecule has 106 valence electrons. The fourth-order valence-electron chi connectivity index (χ4n) is 1.73. The van der Waals surface area contributed by atoms with Crippen LogP contribution in [0, 0.1) is 11.7 Å². The molecule has 1 fully saturated rings. The van der Waals surface area contributed by atoms with E-state index in [-0.39, 0.29) is 5.75 Å². The van der Waals surface area contributed by atoms with Gasteiger partial charge >= 0.3 is 0 Å². The number of anilines is 1. The minimum Gasteiger partial charge on any atom is -0.494 e. The van der Waals surface area contributed by atoms with Crippen LogP contribution in [0.4, 0.5) is 10.1 Å². The lowest BCUT2D eigenvalue weighted by atomic mass is 10.2. The Balaban J connectivity index is 1.69. The lowest BCUT2D eigenvalue weighted by molar-refractivity contribution is 0.0386. The molecule has 1 aliphatic carbocycles. The second-order valence-corrected chi connectivity index (χ2v) is 4.86. The maximum atomic E-state index is 13.4. The highest BCUT2D eigenvalue weighted by atomic mass is 19.1. The van der Waals surface area contributed by atoms with Crippen molar-refractivity contribution in [2.75, 3.05) is 32.2 Å². The number of rotatable bonds is 8. The molecule has 19 heavy (non-hydrogen) atoms. The molecule has 0 saturated heterocycles. The molecule has 4 nitrogen and oxygen atoms in total. The van der Waals surface area contributed by atoms with Crippen molar-refractivity contribution in [3.8, 4) is 5.75 Å². The first-order chi connectivity index (χ1) is 9.19. The van der Waals surface area contributed by atoms with Crippen molar-refractivity contribution in [1.29, 1.82) is 0 Å². The van der Waals surface area contributed by atoms with Crippen LogP contribution in [0.5, 0.6) is 5.75 Å². The van der Waals surface area contributed by atoms with Crippen LogP contribution in [0.2, 0.25) is 0 Å². The lowest BCUT2D eigenvalue weighted by Crippen LogP contribution is -2.25. The topological polar surface area (TPSA) is 50.7 Å². The van der Waals surface area contributed by atoms with Gasteiger partial charge in [-0.1, -0.05) is 0 Å². The average Bonchev–Trinajstić information content (AvgIpc) is 3.20. The van der Waals surface area contributed by atoms with E-state index < -0.39 is 11.9 Å². The Morgan fingerprint density at radius 3 is 2.89 bits per heavy atom. The van der Waals surface area contributed by atoms with Gasteiger partial charge in [-0.2, -0.15) is 0 Å². The molecule has 5 heteroatoms. The number of nitrogens with one attached hydrogen (secondary N) is 1. The first-order valence-electron chi connectivity index (χ1n) is 6.52. The summed E-state index contributed by atoms with van der Waals surface area (Å²) in [5.41, 5.74) is 0.611. The number of aliphatic hydroxyl groups is 1. The molecule has 2 rings (SSSR count).